The zero-order valence-electron chi connectivity index (χ0n) is 11.1. The molecule has 0 aliphatic carbocycles. The maximum absolute atomic E-state index is 13.7. The average Bonchev–Trinajstić information content (AvgIpc) is 2.47. The second-order valence-corrected chi connectivity index (χ2v) is 4.60. The van der Waals surface area contributed by atoms with Crippen molar-refractivity contribution in [1.82, 2.24) is 0 Å². The van der Waals surface area contributed by atoms with Gasteiger partial charge in [0.05, 0.1) is 28.3 Å². The molecule has 0 saturated carbocycles. The monoisotopic (exact) mass is 310 g/mol. The van der Waals surface area contributed by atoms with Crippen molar-refractivity contribution in [3.05, 3.63) is 62.9 Å². The van der Waals surface area contributed by atoms with Gasteiger partial charge in [-0.25, -0.2) is 4.39 Å². The number of ether oxygens (including phenoxy) is 1. The Bertz CT molecular complexity index is 679. The average molecular weight is 311 g/mol. The molecule has 0 aromatic heterocycles. The lowest BCUT2D eigenvalue weighted by Crippen LogP contribution is -2.05. The molecule has 5 nitrogen and oxygen atoms in total. The van der Waals surface area contributed by atoms with Crippen molar-refractivity contribution in [3.63, 3.8) is 0 Å². The van der Waals surface area contributed by atoms with Crippen LogP contribution in [0.5, 0.6) is 5.75 Å². The molecular weight excluding hydrogens is 299 g/mol. The van der Waals surface area contributed by atoms with Gasteiger partial charge in [-0.1, -0.05) is 17.7 Å². The number of nitrogens with one attached hydrogen (secondary N) is 1. The van der Waals surface area contributed by atoms with Crippen LogP contribution in [0, 0.1) is 15.9 Å². The van der Waals surface area contributed by atoms with E-state index in [1.165, 1.54) is 37.4 Å². The van der Waals surface area contributed by atoms with E-state index in [-0.39, 0.29) is 22.9 Å². The van der Waals surface area contributed by atoms with Crippen LogP contribution < -0.4 is 10.1 Å². The molecule has 7 heteroatoms. The summed E-state index contributed by atoms with van der Waals surface area (Å²) >= 11 is 5.98. The predicted octanol–water partition coefficient (Wildman–Crippen LogP) is 4.01. The van der Waals surface area contributed by atoms with E-state index in [2.05, 4.69) is 5.32 Å². The minimum absolute atomic E-state index is 0.0279. The number of benzene rings is 2. The van der Waals surface area contributed by atoms with E-state index in [0.29, 0.717) is 11.3 Å². The number of nitrogens with zero attached hydrogens (tertiary/aromatic N) is 1. The van der Waals surface area contributed by atoms with Gasteiger partial charge >= 0.3 is 0 Å². The molecule has 21 heavy (non-hydrogen) atoms. The molecule has 0 saturated heterocycles. The quantitative estimate of drug-likeness (QED) is 0.669. The third-order valence-corrected chi connectivity index (χ3v) is 3.27. The summed E-state index contributed by atoms with van der Waals surface area (Å²) in [5.74, 6) is -0.00179. The molecule has 1 N–H and O–H groups in total. The van der Waals surface area contributed by atoms with Crippen LogP contribution >= 0.6 is 11.6 Å². The van der Waals surface area contributed by atoms with Crippen molar-refractivity contribution in [2.45, 2.75) is 6.54 Å². The molecule has 0 heterocycles. The number of nitro groups is 1. The summed E-state index contributed by atoms with van der Waals surface area (Å²) in [5, 5.41) is 14.0. The van der Waals surface area contributed by atoms with E-state index in [1.807, 2.05) is 0 Å². The fourth-order valence-electron chi connectivity index (χ4n) is 1.84. The van der Waals surface area contributed by atoms with Crippen molar-refractivity contribution in [2.75, 3.05) is 12.4 Å². The maximum atomic E-state index is 13.7. The van der Waals surface area contributed by atoms with Crippen LogP contribution in [0.4, 0.5) is 15.8 Å². The Morgan fingerprint density at radius 1 is 1.38 bits per heavy atom. The van der Waals surface area contributed by atoms with Crippen LogP contribution in [-0.4, -0.2) is 12.0 Å². The Morgan fingerprint density at radius 2 is 2.14 bits per heavy atom. The number of anilines is 1. The minimum Gasteiger partial charge on any atom is -0.497 e. The van der Waals surface area contributed by atoms with Crippen molar-refractivity contribution < 1.29 is 14.1 Å². The molecule has 0 bridgehead atoms. The molecule has 2 aromatic carbocycles. The van der Waals surface area contributed by atoms with Crippen LogP contribution in [0.2, 0.25) is 5.02 Å². The maximum Gasteiger partial charge on any atom is 0.275 e. The normalized spacial score (nSPS) is 10.2. The zero-order valence-corrected chi connectivity index (χ0v) is 11.9. The van der Waals surface area contributed by atoms with E-state index < -0.39 is 10.7 Å². The highest BCUT2D eigenvalue weighted by Crippen LogP contribution is 2.28. The first-order chi connectivity index (χ1) is 10.0. The lowest BCUT2D eigenvalue weighted by atomic mass is 10.1. The molecule has 0 aliphatic heterocycles. The van der Waals surface area contributed by atoms with Gasteiger partial charge in [0.25, 0.3) is 5.69 Å². The van der Waals surface area contributed by atoms with Gasteiger partial charge in [0.15, 0.2) is 0 Å². The van der Waals surface area contributed by atoms with E-state index in [4.69, 9.17) is 16.3 Å². The fraction of sp³-hybridized carbons (Fsp3) is 0.143. The number of hydrogen-bond acceptors (Lipinski definition) is 4. The summed E-state index contributed by atoms with van der Waals surface area (Å²) in [6, 6.07) is 8.60. The summed E-state index contributed by atoms with van der Waals surface area (Å²) in [7, 11) is 1.47. The number of halogens is 2. The zero-order chi connectivity index (χ0) is 15.4. The topological polar surface area (TPSA) is 64.4 Å². The van der Waals surface area contributed by atoms with Gasteiger partial charge in [-0.2, -0.15) is 0 Å². The van der Waals surface area contributed by atoms with Gasteiger partial charge in [0, 0.05) is 18.7 Å². The Kier molecular flexibility index (Phi) is 4.59. The van der Waals surface area contributed by atoms with Gasteiger partial charge in [-0.05, 0) is 18.2 Å². The van der Waals surface area contributed by atoms with E-state index in [0.717, 1.165) is 0 Å². The van der Waals surface area contributed by atoms with Crippen molar-refractivity contribution in [3.8, 4) is 5.75 Å². The molecule has 0 unspecified atom stereocenters. The first kappa shape index (κ1) is 15.1. The Labute approximate surface area is 125 Å². The molecule has 2 aromatic rings. The van der Waals surface area contributed by atoms with Crippen molar-refractivity contribution >= 4 is 23.0 Å². The van der Waals surface area contributed by atoms with Gasteiger partial charge in [0.2, 0.25) is 0 Å². The highest BCUT2D eigenvalue weighted by molar-refractivity contribution is 6.31. The molecule has 2 rings (SSSR count). The van der Waals surface area contributed by atoms with Crippen molar-refractivity contribution in [2.24, 2.45) is 0 Å². The van der Waals surface area contributed by atoms with E-state index in [1.54, 1.807) is 6.07 Å². The Hall–Kier alpha value is -2.34. The van der Waals surface area contributed by atoms with Crippen LogP contribution in [0.15, 0.2) is 36.4 Å². The summed E-state index contributed by atoms with van der Waals surface area (Å²) in [6.07, 6.45) is 0. The van der Waals surface area contributed by atoms with E-state index >= 15 is 0 Å². The standard InChI is InChI=1S/C14H12ClFN2O3/c1-21-9-5-6-12(16)13(7-9)17-8-10-11(15)3-2-4-14(10)18(19)20/h2-7,17H,8H2,1H3. The summed E-state index contributed by atoms with van der Waals surface area (Å²) < 4.78 is 18.7. The summed E-state index contributed by atoms with van der Waals surface area (Å²) in [6.45, 7) is 0.0279. The van der Waals surface area contributed by atoms with E-state index in [9.17, 15) is 14.5 Å². The minimum atomic E-state index is -0.523. The number of hydrogen-bond donors (Lipinski definition) is 1. The Morgan fingerprint density at radius 3 is 2.81 bits per heavy atom. The Balaban J connectivity index is 2.26. The molecule has 0 fully saturated rings. The van der Waals surface area contributed by atoms with Crippen molar-refractivity contribution in [1.29, 1.82) is 0 Å². The highest BCUT2D eigenvalue weighted by atomic mass is 35.5. The molecular formula is C14H12ClFN2O3. The smallest absolute Gasteiger partial charge is 0.275 e. The molecule has 0 radical (unpaired) electrons. The summed E-state index contributed by atoms with van der Waals surface area (Å²) in [4.78, 5) is 10.5. The van der Waals surface area contributed by atoms with Crippen LogP contribution in [0.25, 0.3) is 0 Å². The van der Waals surface area contributed by atoms with Gasteiger partial charge in [-0.15, -0.1) is 0 Å². The predicted molar refractivity (Wildman–Crippen MR) is 78.4 cm³/mol. The third-order valence-electron chi connectivity index (χ3n) is 2.92. The molecule has 0 atom stereocenters. The van der Waals surface area contributed by atoms with Gasteiger partial charge in [-0.3, -0.25) is 10.1 Å². The lowest BCUT2D eigenvalue weighted by Gasteiger charge is -2.10. The van der Waals surface area contributed by atoms with Crippen LogP contribution in [0.3, 0.4) is 0 Å². The number of rotatable bonds is 5. The molecule has 110 valence electrons. The summed E-state index contributed by atoms with van der Waals surface area (Å²) in [5.41, 5.74) is 0.369. The fourth-order valence-corrected chi connectivity index (χ4v) is 2.08. The second kappa shape index (κ2) is 6.41. The number of methoxy groups -OCH3 is 1. The SMILES string of the molecule is COc1ccc(F)c(NCc2c(Cl)cccc2[N+](=O)[O-])c1. The molecule has 0 spiro atoms. The molecule has 0 amide bonds. The first-order valence-electron chi connectivity index (χ1n) is 6.02. The number of nitro benzene ring substituents is 1. The van der Waals surface area contributed by atoms with Gasteiger partial charge < -0.3 is 10.1 Å². The van der Waals surface area contributed by atoms with Crippen LogP contribution in [-0.2, 0) is 6.54 Å². The second-order valence-electron chi connectivity index (χ2n) is 4.19. The van der Waals surface area contributed by atoms with Gasteiger partial charge in [0.1, 0.15) is 11.6 Å². The first-order valence-corrected chi connectivity index (χ1v) is 6.40. The van der Waals surface area contributed by atoms with Crippen LogP contribution in [0.1, 0.15) is 5.56 Å². The largest absolute Gasteiger partial charge is 0.497 e. The molecule has 0 aliphatic rings. The highest BCUT2D eigenvalue weighted by Gasteiger charge is 2.16. The third kappa shape index (κ3) is 3.41. The lowest BCUT2D eigenvalue weighted by molar-refractivity contribution is -0.385.